The number of rotatable bonds is 8. The minimum atomic E-state index is 0.00292. The second-order valence-electron chi connectivity index (χ2n) is 7.45. The van der Waals surface area contributed by atoms with E-state index in [-0.39, 0.29) is 30.4 Å². The van der Waals surface area contributed by atoms with Gasteiger partial charge in [-0.2, -0.15) is 0 Å². The van der Waals surface area contributed by atoms with Crippen LogP contribution in [0.2, 0.25) is 0 Å². The van der Waals surface area contributed by atoms with Crippen LogP contribution in [0.1, 0.15) is 57.4 Å². The highest BCUT2D eigenvalue weighted by atomic mass is 16.7. The quantitative estimate of drug-likeness (QED) is 0.686. The molecule has 1 heterocycles. The molecule has 0 atom stereocenters. The van der Waals surface area contributed by atoms with E-state index in [1.165, 1.54) is 0 Å². The van der Waals surface area contributed by atoms with Crippen LogP contribution in [0.3, 0.4) is 0 Å². The molecule has 1 aliphatic heterocycles. The van der Waals surface area contributed by atoms with Gasteiger partial charge in [-0.1, -0.05) is 25.8 Å². The zero-order valence-corrected chi connectivity index (χ0v) is 16.1. The Bertz CT molecular complexity index is 654. The highest BCUT2D eigenvalue weighted by Gasteiger charge is 2.29. The molecule has 1 saturated carbocycles. The van der Waals surface area contributed by atoms with Gasteiger partial charge >= 0.3 is 0 Å². The number of hydrogen-bond donors (Lipinski definition) is 2. The van der Waals surface area contributed by atoms with Crippen LogP contribution in [0.4, 0.5) is 0 Å². The van der Waals surface area contributed by atoms with E-state index in [0.717, 1.165) is 68.6 Å². The molecule has 1 fully saturated rings. The van der Waals surface area contributed by atoms with Crippen molar-refractivity contribution in [1.29, 1.82) is 0 Å². The zero-order valence-electron chi connectivity index (χ0n) is 16.1. The molecule has 1 aromatic rings. The molecule has 6 heteroatoms. The number of benzene rings is 1. The molecule has 1 aliphatic carbocycles. The molecule has 0 aromatic heterocycles. The minimum absolute atomic E-state index is 0.00292. The Morgan fingerprint density at radius 1 is 0.963 bits per heavy atom. The largest absolute Gasteiger partial charge is 0.454 e. The van der Waals surface area contributed by atoms with E-state index in [9.17, 15) is 9.59 Å². The number of carbonyl (C=O) groups is 2. The second-order valence-corrected chi connectivity index (χ2v) is 7.45. The molecule has 6 nitrogen and oxygen atoms in total. The third-order valence-electron chi connectivity index (χ3n) is 5.45. The van der Waals surface area contributed by atoms with Crippen LogP contribution < -0.4 is 20.1 Å². The first-order valence-corrected chi connectivity index (χ1v) is 10.1. The van der Waals surface area contributed by atoms with Crippen LogP contribution in [0.15, 0.2) is 18.2 Å². The molecule has 2 aliphatic rings. The third kappa shape index (κ3) is 5.37. The summed E-state index contributed by atoms with van der Waals surface area (Å²) >= 11 is 0. The Morgan fingerprint density at radius 2 is 1.63 bits per heavy atom. The lowest BCUT2D eigenvalue weighted by atomic mass is 9.81. The molecule has 148 valence electrons. The maximum absolute atomic E-state index is 12.5. The van der Waals surface area contributed by atoms with Crippen LogP contribution in [-0.2, 0) is 16.1 Å². The first-order valence-electron chi connectivity index (χ1n) is 10.1. The Balaban J connectivity index is 1.37. The molecule has 0 saturated heterocycles. The monoisotopic (exact) mass is 374 g/mol. The summed E-state index contributed by atoms with van der Waals surface area (Å²) in [6.07, 6.45) is 6.49. The number of carbonyl (C=O) groups excluding carboxylic acids is 2. The molecule has 2 N–H and O–H groups in total. The van der Waals surface area contributed by atoms with Crippen molar-refractivity contribution in [3.63, 3.8) is 0 Å². The fourth-order valence-electron chi connectivity index (χ4n) is 3.73. The van der Waals surface area contributed by atoms with Gasteiger partial charge in [0.2, 0.25) is 18.6 Å². The summed E-state index contributed by atoms with van der Waals surface area (Å²) in [5.41, 5.74) is 0.993. The van der Waals surface area contributed by atoms with E-state index >= 15 is 0 Å². The van der Waals surface area contributed by atoms with Gasteiger partial charge in [0.05, 0.1) is 0 Å². The van der Waals surface area contributed by atoms with E-state index in [1.54, 1.807) is 0 Å². The molecular weight excluding hydrogens is 344 g/mol. The zero-order chi connectivity index (χ0) is 19.1. The normalized spacial score (nSPS) is 20.9. The van der Waals surface area contributed by atoms with Gasteiger partial charge < -0.3 is 20.1 Å². The smallest absolute Gasteiger partial charge is 0.231 e. The van der Waals surface area contributed by atoms with Crippen molar-refractivity contribution in [2.24, 2.45) is 11.8 Å². The van der Waals surface area contributed by atoms with Crippen molar-refractivity contribution >= 4 is 11.8 Å². The lowest BCUT2D eigenvalue weighted by molar-refractivity contribution is -0.130. The highest BCUT2D eigenvalue weighted by Crippen LogP contribution is 2.33. The molecule has 1 aromatic carbocycles. The van der Waals surface area contributed by atoms with E-state index in [2.05, 4.69) is 17.6 Å². The molecule has 0 radical (unpaired) electrons. The maximum atomic E-state index is 12.5. The van der Waals surface area contributed by atoms with Gasteiger partial charge in [-0.3, -0.25) is 9.59 Å². The summed E-state index contributed by atoms with van der Waals surface area (Å²) in [7, 11) is 0. The van der Waals surface area contributed by atoms with E-state index in [0.29, 0.717) is 6.54 Å². The molecule has 2 amide bonds. The second kappa shape index (κ2) is 9.62. The van der Waals surface area contributed by atoms with Crippen LogP contribution in [0, 0.1) is 11.8 Å². The number of unbranched alkanes of at least 4 members (excludes halogenated alkanes) is 2. The van der Waals surface area contributed by atoms with Crippen molar-refractivity contribution in [3.05, 3.63) is 23.8 Å². The van der Waals surface area contributed by atoms with Crippen LogP contribution in [-0.4, -0.2) is 25.2 Å². The van der Waals surface area contributed by atoms with Gasteiger partial charge in [0.25, 0.3) is 0 Å². The van der Waals surface area contributed by atoms with Crippen molar-refractivity contribution < 1.29 is 19.1 Å². The van der Waals surface area contributed by atoms with Gasteiger partial charge in [0, 0.05) is 24.9 Å². The fourth-order valence-corrected chi connectivity index (χ4v) is 3.73. The number of amides is 2. The average Bonchev–Trinajstić information content (AvgIpc) is 3.17. The van der Waals surface area contributed by atoms with Gasteiger partial charge in [-0.05, 0) is 49.8 Å². The maximum Gasteiger partial charge on any atom is 0.231 e. The summed E-state index contributed by atoms with van der Waals surface area (Å²) in [6.45, 7) is 3.65. The lowest BCUT2D eigenvalue weighted by Gasteiger charge is -2.27. The Hall–Kier alpha value is -2.24. The first-order chi connectivity index (χ1) is 13.2. The molecular formula is C21H30N2O4. The highest BCUT2D eigenvalue weighted by molar-refractivity contribution is 5.81. The lowest BCUT2D eigenvalue weighted by Crippen LogP contribution is -2.37. The van der Waals surface area contributed by atoms with Gasteiger partial charge in [0.15, 0.2) is 11.5 Å². The van der Waals surface area contributed by atoms with Gasteiger partial charge in [-0.15, -0.1) is 0 Å². The molecule has 0 spiro atoms. The molecule has 0 unspecified atom stereocenters. The van der Waals surface area contributed by atoms with Gasteiger partial charge in [0.1, 0.15) is 0 Å². The Kier molecular flexibility index (Phi) is 6.96. The Morgan fingerprint density at radius 3 is 2.33 bits per heavy atom. The van der Waals surface area contributed by atoms with Crippen molar-refractivity contribution in [2.75, 3.05) is 13.3 Å². The number of nitrogens with one attached hydrogen (secondary N) is 2. The minimum Gasteiger partial charge on any atom is -0.454 e. The first kappa shape index (κ1) is 19.5. The summed E-state index contributed by atoms with van der Waals surface area (Å²) < 4.78 is 10.7. The van der Waals surface area contributed by atoms with Gasteiger partial charge in [-0.25, -0.2) is 0 Å². The van der Waals surface area contributed by atoms with Crippen molar-refractivity contribution in [3.8, 4) is 11.5 Å². The summed E-state index contributed by atoms with van der Waals surface area (Å²) in [4.78, 5) is 24.7. The topological polar surface area (TPSA) is 76.7 Å². The molecule has 3 rings (SSSR count). The predicted molar refractivity (Wildman–Crippen MR) is 102 cm³/mol. The third-order valence-corrected chi connectivity index (χ3v) is 5.45. The molecule has 0 bridgehead atoms. The SMILES string of the molecule is CCCCCNC(=O)C1CCC(C(=O)NCc2ccc3c(c2)OCO3)CC1. The van der Waals surface area contributed by atoms with E-state index in [4.69, 9.17) is 9.47 Å². The predicted octanol–water partition coefficient (Wildman–Crippen LogP) is 3.14. The number of ether oxygens (including phenoxy) is 2. The number of hydrogen-bond acceptors (Lipinski definition) is 4. The molecule has 27 heavy (non-hydrogen) atoms. The standard InChI is InChI=1S/C21H30N2O4/c1-2-3-4-11-22-20(24)16-6-8-17(9-7-16)21(25)23-13-15-5-10-18-19(12-15)27-14-26-18/h5,10,12,16-17H,2-4,6-9,11,13-14H2,1H3,(H,22,24)(H,23,25). The van der Waals surface area contributed by atoms with Crippen molar-refractivity contribution in [1.82, 2.24) is 10.6 Å². The van der Waals surface area contributed by atoms with Crippen LogP contribution in [0.25, 0.3) is 0 Å². The summed E-state index contributed by atoms with van der Waals surface area (Å²) in [5, 5.41) is 6.05. The number of fused-ring (bicyclic) bond motifs is 1. The van der Waals surface area contributed by atoms with E-state index in [1.807, 2.05) is 18.2 Å². The summed E-state index contributed by atoms with van der Waals surface area (Å²) in [5.74, 6) is 1.77. The van der Waals surface area contributed by atoms with Crippen LogP contribution >= 0.6 is 0 Å². The summed E-state index contributed by atoms with van der Waals surface area (Å²) in [6, 6.07) is 5.71. The Labute approximate surface area is 161 Å². The van der Waals surface area contributed by atoms with Crippen molar-refractivity contribution in [2.45, 2.75) is 58.4 Å². The average molecular weight is 374 g/mol. The fraction of sp³-hybridized carbons (Fsp3) is 0.619. The van der Waals surface area contributed by atoms with E-state index < -0.39 is 0 Å². The van der Waals surface area contributed by atoms with Crippen LogP contribution in [0.5, 0.6) is 11.5 Å².